The van der Waals surface area contributed by atoms with Crippen LogP contribution in [0, 0.1) is 10.1 Å². The van der Waals surface area contributed by atoms with Gasteiger partial charge < -0.3 is 10.1 Å². The maximum atomic E-state index is 11.9. The molecule has 0 aliphatic rings. The van der Waals surface area contributed by atoms with E-state index in [1.165, 1.54) is 36.6 Å². The van der Waals surface area contributed by atoms with Crippen molar-refractivity contribution in [2.75, 3.05) is 7.11 Å². The monoisotopic (exact) mass is 292 g/mol. The topological polar surface area (TPSA) is 81.5 Å². The van der Waals surface area contributed by atoms with Crippen molar-refractivity contribution < 1.29 is 14.5 Å². The second-order valence-corrected chi connectivity index (χ2v) is 4.94. The number of methoxy groups -OCH3 is 1. The molecule has 1 N–H and O–H groups in total. The molecule has 0 saturated heterocycles. The van der Waals surface area contributed by atoms with Gasteiger partial charge in [-0.1, -0.05) is 6.07 Å². The van der Waals surface area contributed by atoms with Crippen LogP contribution in [0.5, 0.6) is 5.75 Å². The van der Waals surface area contributed by atoms with Gasteiger partial charge in [0.1, 0.15) is 0 Å². The fraction of sp³-hybridized carbons (Fsp3) is 0.154. The number of nitrogens with zero attached hydrogens (tertiary/aromatic N) is 1. The van der Waals surface area contributed by atoms with Gasteiger partial charge in [0.15, 0.2) is 5.75 Å². The molecule has 1 aromatic carbocycles. The minimum absolute atomic E-state index is 0.129. The lowest BCUT2D eigenvalue weighted by Gasteiger charge is -2.06. The molecule has 0 fully saturated rings. The molecule has 0 radical (unpaired) electrons. The van der Waals surface area contributed by atoms with E-state index < -0.39 is 4.92 Å². The van der Waals surface area contributed by atoms with Crippen LogP contribution in [-0.4, -0.2) is 17.9 Å². The van der Waals surface area contributed by atoms with E-state index in [-0.39, 0.29) is 22.9 Å². The van der Waals surface area contributed by atoms with Crippen LogP contribution in [0.3, 0.4) is 0 Å². The Morgan fingerprint density at radius 2 is 2.25 bits per heavy atom. The highest BCUT2D eigenvalue weighted by atomic mass is 32.1. The van der Waals surface area contributed by atoms with Gasteiger partial charge in [0, 0.05) is 16.5 Å². The van der Waals surface area contributed by atoms with E-state index >= 15 is 0 Å². The van der Waals surface area contributed by atoms with Crippen molar-refractivity contribution >= 4 is 22.9 Å². The van der Waals surface area contributed by atoms with Gasteiger partial charge in [-0.3, -0.25) is 14.9 Å². The zero-order valence-electron chi connectivity index (χ0n) is 10.7. The first kappa shape index (κ1) is 14.0. The third kappa shape index (κ3) is 3.12. The van der Waals surface area contributed by atoms with Gasteiger partial charge in [-0.25, -0.2) is 0 Å². The predicted molar refractivity (Wildman–Crippen MR) is 75.1 cm³/mol. The van der Waals surface area contributed by atoms with Crippen LogP contribution in [0.4, 0.5) is 5.69 Å². The fourth-order valence-electron chi connectivity index (χ4n) is 1.66. The minimum Gasteiger partial charge on any atom is -0.490 e. The summed E-state index contributed by atoms with van der Waals surface area (Å²) in [6.45, 7) is 0.399. The molecule has 1 aromatic heterocycles. The number of thiophene rings is 1. The number of nitrogens with one attached hydrogen (secondary N) is 1. The molecule has 1 heterocycles. The summed E-state index contributed by atoms with van der Waals surface area (Å²) in [5.41, 5.74) is 0.00493. The summed E-state index contributed by atoms with van der Waals surface area (Å²) in [6.07, 6.45) is 0. The summed E-state index contributed by atoms with van der Waals surface area (Å²) < 4.78 is 4.89. The number of carbonyl (C=O) groups is 1. The van der Waals surface area contributed by atoms with E-state index in [1.54, 1.807) is 0 Å². The molecule has 0 unspecified atom stereocenters. The van der Waals surface area contributed by atoms with Gasteiger partial charge in [0.05, 0.1) is 18.6 Å². The lowest BCUT2D eigenvalue weighted by Crippen LogP contribution is -2.22. The summed E-state index contributed by atoms with van der Waals surface area (Å²) in [6, 6.07) is 7.92. The number of carbonyl (C=O) groups excluding carboxylic acids is 1. The summed E-state index contributed by atoms with van der Waals surface area (Å²) in [5, 5.41) is 15.5. The fourth-order valence-corrected chi connectivity index (χ4v) is 2.30. The lowest BCUT2D eigenvalue weighted by molar-refractivity contribution is -0.385. The normalized spacial score (nSPS) is 10.1. The number of ether oxygens (including phenoxy) is 1. The van der Waals surface area contributed by atoms with E-state index in [1.807, 2.05) is 17.5 Å². The number of nitro groups is 1. The molecule has 0 aliphatic heterocycles. The van der Waals surface area contributed by atoms with Gasteiger partial charge in [-0.2, -0.15) is 0 Å². The van der Waals surface area contributed by atoms with Crippen molar-refractivity contribution in [3.8, 4) is 5.75 Å². The van der Waals surface area contributed by atoms with Crippen molar-refractivity contribution in [2.24, 2.45) is 0 Å². The Labute approximate surface area is 119 Å². The molecule has 7 heteroatoms. The minimum atomic E-state index is -0.575. The first-order valence-corrected chi connectivity index (χ1v) is 6.63. The van der Waals surface area contributed by atoms with Crippen molar-refractivity contribution in [3.63, 3.8) is 0 Å². The zero-order chi connectivity index (χ0) is 14.5. The number of rotatable bonds is 5. The van der Waals surface area contributed by atoms with Crippen LogP contribution < -0.4 is 10.1 Å². The average Bonchev–Trinajstić information content (AvgIpc) is 2.97. The molecule has 0 saturated carbocycles. The quantitative estimate of drug-likeness (QED) is 0.678. The highest BCUT2D eigenvalue weighted by Gasteiger charge is 2.18. The van der Waals surface area contributed by atoms with Crippen LogP contribution in [0.1, 0.15) is 15.2 Å². The van der Waals surface area contributed by atoms with Crippen molar-refractivity contribution in [1.29, 1.82) is 0 Å². The molecular formula is C13H12N2O4S. The van der Waals surface area contributed by atoms with Crippen LogP contribution >= 0.6 is 11.3 Å². The van der Waals surface area contributed by atoms with Crippen LogP contribution in [0.25, 0.3) is 0 Å². The molecule has 0 spiro atoms. The van der Waals surface area contributed by atoms with Crippen molar-refractivity contribution in [2.45, 2.75) is 6.54 Å². The summed E-state index contributed by atoms with van der Waals surface area (Å²) in [5.74, 6) is -0.228. The van der Waals surface area contributed by atoms with Crippen LogP contribution in [0.15, 0.2) is 35.7 Å². The van der Waals surface area contributed by atoms with Gasteiger partial charge in [-0.15, -0.1) is 11.3 Å². The van der Waals surface area contributed by atoms with Gasteiger partial charge in [0.2, 0.25) is 0 Å². The van der Waals surface area contributed by atoms with E-state index in [4.69, 9.17) is 4.74 Å². The van der Waals surface area contributed by atoms with Gasteiger partial charge in [0.25, 0.3) is 5.91 Å². The molecule has 2 aromatic rings. The maximum Gasteiger partial charge on any atom is 0.311 e. The molecule has 104 valence electrons. The van der Waals surface area contributed by atoms with E-state index in [9.17, 15) is 14.9 Å². The second-order valence-electron chi connectivity index (χ2n) is 3.91. The standard InChI is InChI=1S/C13H12N2O4S/c1-19-12-5-4-9(7-11(12)15(17)18)13(16)14-8-10-3-2-6-20-10/h2-7H,8H2,1H3,(H,14,16). The van der Waals surface area contributed by atoms with Crippen LogP contribution in [-0.2, 0) is 6.54 Å². The Balaban J connectivity index is 2.13. The molecule has 2 rings (SSSR count). The highest BCUT2D eigenvalue weighted by Crippen LogP contribution is 2.27. The summed E-state index contributed by atoms with van der Waals surface area (Å²) in [7, 11) is 1.35. The Kier molecular flexibility index (Phi) is 4.31. The third-order valence-electron chi connectivity index (χ3n) is 2.64. The largest absolute Gasteiger partial charge is 0.490 e. The maximum absolute atomic E-state index is 11.9. The number of hydrogen-bond acceptors (Lipinski definition) is 5. The molecule has 20 heavy (non-hydrogen) atoms. The first-order valence-electron chi connectivity index (χ1n) is 5.75. The first-order chi connectivity index (χ1) is 9.61. The average molecular weight is 292 g/mol. The number of nitro benzene ring substituents is 1. The second kappa shape index (κ2) is 6.16. The molecule has 0 aliphatic carbocycles. The SMILES string of the molecule is COc1ccc(C(=O)NCc2cccs2)cc1[N+](=O)[O-]. The Hall–Kier alpha value is -2.41. The highest BCUT2D eigenvalue weighted by molar-refractivity contribution is 7.09. The zero-order valence-corrected chi connectivity index (χ0v) is 11.5. The van der Waals surface area contributed by atoms with Crippen molar-refractivity contribution in [1.82, 2.24) is 5.32 Å². The Bertz CT molecular complexity index is 625. The van der Waals surface area contributed by atoms with E-state index in [0.717, 1.165) is 4.88 Å². The number of amides is 1. The van der Waals surface area contributed by atoms with Crippen molar-refractivity contribution in [3.05, 3.63) is 56.3 Å². The summed E-state index contributed by atoms with van der Waals surface area (Å²) >= 11 is 1.53. The number of benzene rings is 1. The molecule has 6 nitrogen and oxygen atoms in total. The lowest BCUT2D eigenvalue weighted by atomic mass is 10.1. The summed E-state index contributed by atoms with van der Waals surface area (Å²) in [4.78, 5) is 23.3. The Morgan fingerprint density at radius 3 is 2.85 bits per heavy atom. The third-order valence-corrected chi connectivity index (χ3v) is 3.52. The van der Waals surface area contributed by atoms with Gasteiger partial charge in [-0.05, 0) is 23.6 Å². The smallest absolute Gasteiger partial charge is 0.311 e. The molecule has 0 bridgehead atoms. The Morgan fingerprint density at radius 1 is 1.45 bits per heavy atom. The van der Waals surface area contributed by atoms with Crippen LogP contribution in [0.2, 0.25) is 0 Å². The molecule has 0 atom stereocenters. The molecular weight excluding hydrogens is 280 g/mol. The van der Waals surface area contributed by atoms with E-state index in [2.05, 4.69) is 5.32 Å². The van der Waals surface area contributed by atoms with E-state index in [0.29, 0.717) is 6.54 Å². The number of hydrogen-bond donors (Lipinski definition) is 1. The molecule has 1 amide bonds. The predicted octanol–water partition coefficient (Wildman–Crippen LogP) is 2.59. The van der Waals surface area contributed by atoms with Gasteiger partial charge >= 0.3 is 5.69 Å².